The van der Waals surface area contributed by atoms with Crippen molar-refractivity contribution in [2.45, 2.75) is 38.6 Å². The van der Waals surface area contributed by atoms with Gasteiger partial charge in [-0.1, -0.05) is 35.8 Å². The smallest absolute Gasteiger partial charge is 0.276 e. The molecular formula is C20H20ClN3O3. The van der Waals surface area contributed by atoms with Crippen LogP contribution in [0.5, 0.6) is 0 Å². The Bertz CT molecular complexity index is 946. The molecule has 0 spiro atoms. The van der Waals surface area contributed by atoms with Gasteiger partial charge in [-0.3, -0.25) is 4.79 Å². The Labute approximate surface area is 162 Å². The Balaban J connectivity index is 1.55. The Morgan fingerprint density at radius 2 is 1.96 bits per heavy atom. The number of likely N-dealkylation sites (tertiary alicyclic amines) is 1. The van der Waals surface area contributed by atoms with Crippen molar-refractivity contribution in [1.29, 1.82) is 0 Å². The predicted molar refractivity (Wildman–Crippen MR) is 101 cm³/mol. The normalized spacial score (nSPS) is 17.0. The zero-order valence-electron chi connectivity index (χ0n) is 15.2. The van der Waals surface area contributed by atoms with E-state index in [-0.39, 0.29) is 17.9 Å². The van der Waals surface area contributed by atoms with E-state index in [0.717, 1.165) is 29.9 Å². The van der Waals surface area contributed by atoms with Crippen molar-refractivity contribution < 1.29 is 13.8 Å². The highest BCUT2D eigenvalue weighted by atomic mass is 35.5. The van der Waals surface area contributed by atoms with Crippen molar-refractivity contribution >= 4 is 17.5 Å². The second-order valence-corrected chi connectivity index (χ2v) is 7.49. The molecule has 4 rings (SSSR count). The van der Waals surface area contributed by atoms with Crippen LogP contribution < -0.4 is 0 Å². The number of carbonyl (C=O) groups is 1. The summed E-state index contributed by atoms with van der Waals surface area (Å²) in [6.45, 7) is 4.77. The summed E-state index contributed by atoms with van der Waals surface area (Å²) >= 11 is 5.92. The molecule has 0 N–H and O–H groups in total. The maximum atomic E-state index is 13.0. The van der Waals surface area contributed by atoms with E-state index in [4.69, 9.17) is 20.6 Å². The number of hydrogen-bond donors (Lipinski definition) is 0. The summed E-state index contributed by atoms with van der Waals surface area (Å²) in [5, 5.41) is 8.80. The van der Waals surface area contributed by atoms with Crippen LogP contribution in [0, 0.1) is 0 Å². The molecule has 0 unspecified atom stereocenters. The molecule has 3 aromatic rings. The van der Waals surface area contributed by atoms with Gasteiger partial charge in [-0.15, -0.1) is 0 Å². The lowest BCUT2D eigenvalue weighted by molar-refractivity contribution is 0.0720. The van der Waals surface area contributed by atoms with Crippen LogP contribution in [0.3, 0.4) is 0 Å². The molecule has 1 aromatic carbocycles. The van der Waals surface area contributed by atoms with Crippen LogP contribution in [0.2, 0.25) is 5.02 Å². The quantitative estimate of drug-likeness (QED) is 0.625. The summed E-state index contributed by atoms with van der Waals surface area (Å²) in [7, 11) is 0. The van der Waals surface area contributed by atoms with E-state index in [1.807, 2.05) is 18.2 Å². The van der Waals surface area contributed by atoms with Crippen LogP contribution in [0.15, 0.2) is 45.4 Å². The molecule has 3 heterocycles. The molecule has 0 saturated carbocycles. The fourth-order valence-corrected chi connectivity index (χ4v) is 3.45. The minimum atomic E-state index is -0.157. The van der Waals surface area contributed by atoms with E-state index in [0.29, 0.717) is 23.0 Å². The third kappa shape index (κ3) is 3.49. The Hall–Kier alpha value is -2.60. The lowest BCUT2D eigenvalue weighted by Crippen LogP contribution is -2.30. The Morgan fingerprint density at radius 3 is 2.67 bits per heavy atom. The van der Waals surface area contributed by atoms with Crippen molar-refractivity contribution in [2.75, 3.05) is 6.54 Å². The third-order valence-electron chi connectivity index (χ3n) is 4.83. The number of amides is 1. The molecular weight excluding hydrogens is 366 g/mol. The number of hydrogen-bond acceptors (Lipinski definition) is 5. The Kier molecular flexibility index (Phi) is 4.74. The van der Waals surface area contributed by atoms with E-state index in [1.165, 1.54) is 0 Å². The van der Waals surface area contributed by atoms with Crippen molar-refractivity contribution in [3.63, 3.8) is 0 Å². The largest absolute Gasteiger partial charge is 0.361 e. The number of rotatable bonds is 4. The van der Waals surface area contributed by atoms with Gasteiger partial charge in [-0.05, 0) is 37.1 Å². The highest BCUT2D eigenvalue weighted by Gasteiger charge is 2.34. The van der Waals surface area contributed by atoms with Crippen molar-refractivity contribution in [3.05, 3.63) is 58.6 Å². The van der Waals surface area contributed by atoms with Gasteiger partial charge in [0, 0.05) is 35.2 Å². The molecule has 1 aliphatic rings. The van der Waals surface area contributed by atoms with E-state index < -0.39 is 0 Å². The summed E-state index contributed by atoms with van der Waals surface area (Å²) in [5.74, 6) is 1.47. The first-order chi connectivity index (χ1) is 13.0. The van der Waals surface area contributed by atoms with Crippen LogP contribution in [-0.4, -0.2) is 27.7 Å². The van der Waals surface area contributed by atoms with Gasteiger partial charge >= 0.3 is 0 Å². The third-order valence-corrected chi connectivity index (χ3v) is 5.08. The molecule has 0 bridgehead atoms. The first kappa shape index (κ1) is 17.8. The number of carbonyl (C=O) groups excluding carboxylic acids is 1. The highest BCUT2D eigenvalue weighted by Crippen LogP contribution is 2.34. The van der Waals surface area contributed by atoms with E-state index >= 15 is 0 Å². The van der Waals surface area contributed by atoms with Gasteiger partial charge in [0.1, 0.15) is 11.5 Å². The summed E-state index contributed by atoms with van der Waals surface area (Å²) in [6, 6.07) is 10.7. The molecule has 1 atom stereocenters. The van der Waals surface area contributed by atoms with Gasteiger partial charge in [-0.25, -0.2) is 0 Å². The molecule has 0 aliphatic carbocycles. The van der Waals surface area contributed by atoms with Crippen LogP contribution in [0.1, 0.15) is 60.6 Å². The average Bonchev–Trinajstić information content (AvgIpc) is 3.40. The number of halogens is 1. The SMILES string of the molecule is CC(C)c1cc([C@@H]2CCCN2C(=O)c2cc(-c3ccc(Cl)cc3)on2)no1. The molecule has 1 aliphatic heterocycles. The topological polar surface area (TPSA) is 72.4 Å². The molecule has 6 nitrogen and oxygen atoms in total. The molecule has 1 amide bonds. The number of nitrogens with zero attached hydrogens (tertiary/aromatic N) is 3. The summed E-state index contributed by atoms with van der Waals surface area (Å²) < 4.78 is 10.8. The summed E-state index contributed by atoms with van der Waals surface area (Å²) in [4.78, 5) is 14.8. The average molecular weight is 386 g/mol. The van der Waals surface area contributed by atoms with Crippen molar-refractivity contribution in [1.82, 2.24) is 15.2 Å². The molecule has 1 fully saturated rings. The molecule has 2 aromatic heterocycles. The summed E-state index contributed by atoms with van der Waals surface area (Å²) in [6.07, 6.45) is 1.78. The van der Waals surface area contributed by atoms with Crippen LogP contribution in [-0.2, 0) is 0 Å². The van der Waals surface area contributed by atoms with Gasteiger partial charge in [-0.2, -0.15) is 0 Å². The van der Waals surface area contributed by atoms with Crippen LogP contribution in [0.25, 0.3) is 11.3 Å². The predicted octanol–water partition coefficient (Wildman–Crippen LogP) is 5.08. The van der Waals surface area contributed by atoms with Crippen LogP contribution in [0.4, 0.5) is 0 Å². The van der Waals surface area contributed by atoms with E-state index in [9.17, 15) is 4.79 Å². The maximum absolute atomic E-state index is 13.0. The lowest BCUT2D eigenvalue weighted by Gasteiger charge is -2.21. The van der Waals surface area contributed by atoms with Crippen LogP contribution >= 0.6 is 11.6 Å². The molecule has 1 saturated heterocycles. The zero-order chi connectivity index (χ0) is 19.0. The van der Waals surface area contributed by atoms with Gasteiger partial charge < -0.3 is 13.9 Å². The summed E-state index contributed by atoms with van der Waals surface area (Å²) in [5.41, 5.74) is 1.91. The fraction of sp³-hybridized carbons (Fsp3) is 0.350. The number of benzene rings is 1. The van der Waals surface area contributed by atoms with Gasteiger partial charge in [0.05, 0.1) is 6.04 Å². The highest BCUT2D eigenvalue weighted by molar-refractivity contribution is 6.30. The minimum Gasteiger partial charge on any atom is -0.361 e. The lowest BCUT2D eigenvalue weighted by atomic mass is 10.1. The monoisotopic (exact) mass is 385 g/mol. The second kappa shape index (κ2) is 7.19. The van der Waals surface area contributed by atoms with Gasteiger partial charge in [0.2, 0.25) is 0 Å². The first-order valence-corrected chi connectivity index (χ1v) is 9.41. The minimum absolute atomic E-state index is 0.0931. The zero-order valence-corrected chi connectivity index (χ0v) is 15.9. The maximum Gasteiger partial charge on any atom is 0.276 e. The number of aromatic nitrogens is 2. The van der Waals surface area contributed by atoms with E-state index in [1.54, 1.807) is 23.1 Å². The molecule has 27 heavy (non-hydrogen) atoms. The second-order valence-electron chi connectivity index (χ2n) is 7.05. The molecule has 7 heteroatoms. The molecule has 140 valence electrons. The Morgan fingerprint density at radius 1 is 1.19 bits per heavy atom. The standard InChI is InChI=1S/C20H20ClN3O3/c1-12(2)18-10-15(22-26-18)17-4-3-9-24(17)20(25)16-11-19(27-23-16)13-5-7-14(21)8-6-13/h5-8,10-12,17H,3-4,9H2,1-2H3/t17-/m0/s1. The van der Waals surface area contributed by atoms with Gasteiger partial charge in [0.15, 0.2) is 11.5 Å². The molecule has 0 radical (unpaired) electrons. The van der Waals surface area contributed by atoms with Crippen molar-refractivity contribution in [2.24, 2.45) is 0 Å². The van der Waals surface area contributed by atoms with E-state index in [2.05, 4.69) is 24.2 Å². The first-order valence-electron chi connectivity index (χ1n) is 9.03. The fourth-order valence-electron chi connectivity index (χ4n) is 3.32. The van der Waals surface area contributed by atoms with Gasteiger partial charge in [0.25, 0.3) is 5.91 Å². The van der Waals surface area contributed by atoms with Crippen molar-refractivity contribution in [3.8, 4) is 11.3 Å².